The minimum atomic E-state index is -0.220. The lowest BCUT2D eigenvalue weighted by Gasteiger charge is -2.03. The first-order valence-electron chi connectivity index (χ1n) is 5.10. The summed E-state index contributed by atoms with van der Waals surface area (Å²) >= 11 is 1.71. The van der Waals surface area contributed by atoms with Gasteiger partial charge in [-0.2, -0.15) is 0 Å². The molecule has 78 valence electrons. The Labute approximate surface area is 91.8 Å². The van der Waals surface area contributed by atoms with Crippen LogP contribution in [0.2, 0.25) is 0 Å². The van der Waals surface area contributed by atoms with Gasteiger partial charge < -0.3 is 10.4 Å². The molecule has 0 amide bonds. The van der Waals surface area contributed by atoms with Crippen LogP contribution in [0, 0.1) is 0 Å². The molecule has 0 bridgehead atoms. The number of nitrogens with zero attached hydrogens (tertiary/aromatic N) is 1. The van der Waals surface area contributed by atoms with Crippen LogP contribution in [-0.4, -0.2) is 22.7 Å². The Bertz CT molecular complexity index is 449. The maximum absolute atomic E-state index is 9.45. The van der Waals surface area contributed by atoms with E-state index in [0.717, 1.165) is 16.9 Å². The van der Waals surface area contributed by atoms with Crippen molar-refractivity contribution < 1.29 is 5.11 Å². The Hall–Kier alpha value is -0.970. The van der Waals surface area contributed by atoms with Gasteiger partial charge in [0, 0.05) is 6.54 Å². The highest BCUT2D eigenvalue weighted by Gasteiger charge is 2.25. The van der Waals surface area contributed by atoms with Crippen LogP contribution in [0.1, 0.15) is 17.5 Å². The van der Waals surface area contributed by atoms with E-state index in [2.05, 4.69) is 16.4 Å². The first-order valence-corrected chi connectivity index (χ1v) is 5.91. The number of para-hydroxylation sites is 1. The van der Waals surface area contributed by atoms with Crippen LogP contribution in [0.5, 0.6) is 0 Å². The molecule has 3 rings (SSSR count). The number of aliphatic hydroxyl groups excluding tert-OH is 1. The summed E-state index contributed by atoms with van der Waals surface area (Å²) in [6.45, 7) is 0.681. The normalized spacial score (nSPS) is 26.2. The Morgan fingerprint density at radius 2 is 2.27 bits per heavy atom. The quantitative estimate of drug-likeness (QED) is 0.768. The average molecular weight is 220 g/mol. The number of hydrogen-bond acceptors (Lipinski definition) is 4. The lowest BCUT2D eigenvalue weighted by molar-refractivity contribution is 0.193. The van der Waals surface area contributed by atoms with Crippen molar-refractivity contribution in [3.05, 3.63) is 29.3 Å². The minimum Gasteiger partial charge on any atom is -0.392 e. The van der Waals surface area contributed by atoms with Crippen molar-refractivity contribution in [2.75, 3.05) is 6.54 Å². The van der Waals surface area contributed by atoms with Gasteiger partial charge in [-0.25, -0.2) is 4.98 Å². The van der Waals surface area contributed by atoms with E-state index in [0.29, 0.717) is 6.54 Å². The zero-order valence-electron chi connectivity index (χ0n) is 8.18. The Balaban J connectivity index is 1.98. The molecule has 2 aromatic rings. The van der Waals surface area contributed by atoms with Gasteiger partial charge in [0.05, 0.1) is 22.4 Å². The highest BCUT2D eigenvalue weighted by Crippen LogP contribution is 2.30. The van der Waals surface area contributed by atoms with Gasteiger partial charge in [0.2, 0.25) is 0 Å². The molecular weight excluding hydrogens is 208 g/mol. The second-order valence-corrected chi connectivity index (χ2v) is 4.93. The number of β-amino-alcohol motifs (C(OH)–C–C–N with tert-alkyl or cyclic N) is 1. The first-order chi connectivity index (χ1) is 7.33. The van der Waals surface area contributed by atoms with Gasteiger partial charge in [-0.15, -0.1) is 11.3 Å². The standard InChI is InChI=1S/C11H12N2OS/c14-7-5-9(12-6-7)11-13-8-3-1-2-4-10(8)15-11/h1-4,7,9,12,14H,5-6H2. The Kier molecular flexibility index (Phi) is 2.20. The van der Waals surface area contributed by atoms with Gasteiger partial charge in [-0.3, -0.25) is 0 Å². The number of thiazole rings is 1. The van der Waals surface area contributed by atoms with E-state index in [-0.39, 0.29) is 12.1 Å². The molecule has 1 aliphatic rings. The van der Waals surface area contributed by atoms with E-state index in [1.165, 1.54) is 4.70 Å². The molecule has 0 saturated carbocycles. The van der Waals surface area contributed by atoms with Gasteiger partial charge in [0.25, 0.3) is 0 Å². The van der Waals surface area contributed by atoms with E-state index in [1.807, 2.05) is 18.2 Å². The number of aliphatic hydroxyl groups is 1. The SMILES string of the molecule is OC1CNC(c2nc3ccccc3s2)C1. The molecule has 2 heterocycles. The van der Waals surface area contributed by atoms with Crippen molar-refractivity contribution in [3.8, 4) is 0 Å². The van der Waals surface area contributed by atoms with E-state index < -0.39 is 0 Å². The Morgan fingerprint density at radius 3 is 3.00 bits per heavy atom. The lowest BCUT2D eigenvalue weighted by Crippen LogP contribution is -2.14. The monoisotopic (exact) mass is 220 g/mol. The summed E-state index contributed by atoms with van der Waals surface area (Å²) in [5.41, 5.74) is 1.06. The summed E-state index contributed by atoms with van der Waals surface area (Å²) in [5.74, 6) is 0. The molecule has 1 aromatic carbocycles. The van der Waals surface area contributed by atoms with Gasteiger partial charge in [0.1, 0.15) is 5.01 Å². The fourth-order valence-electron chi connectivity index (χ4n) is 1.94. The summed E-state index contributed by atoms with van der Waals surface area (Å²) in [4.78, 5) is 4.57. The maximum atomic E-state index is 9.45. The first kappa shape index (κ1) is 9.27. The number of nitrogens with one attached hydrogen (secondary N) is 1. The maximum Gasteiger partial charge on any atom is 0.111 e. The molecule has 1 aromatic heterocycles. The molecule has 0 spiro atoms. The van der Waals surface area contributed by atoms with Crippen molar-refractivity contribution in [2.45, 2.75) is 18.6 Å². The molecule has 1 saturated heterocycles. The zero-order valence-corrected chi connectivity index (χ0v) is 9.00. The number of rotatable bonds is 1. The second-order valence-electron chi connectivity index (χ2n) is 3.87. The molecule has 15 heavy (non-hydrogen) atoms. The van der Waals surface area contributed by atoms with Crippen molar-refractivity contribution in [3.63, 3.8) is 0 Å². The number of aromatic nitrogens is 1. The predicted octanol–water partition coefficient (Wildman–Crippen LogP) is 1.69. The van der Waals surface area contributed by atoms with Crippen LogP contribution in [0.4, 0.5) is 0 Å². The smallest absolute Gasteiger partial charge is 0.111 e. The third kappa shape index (κ3) is 1.65. The van der Waals surface area contributed by atoms with E-state index in [4.69, 9.17) is 0 Å². The van der Waals surface area contributed by atoms with Crippen LogP contribution in [0.25, 0.3) is 10.2 Å². The highest BCUT2D eigenvalue weighted by atomic mass is 32.1. The van der Waals surface area contributed by atoms with Gasteiger partial charge in [0.15, 0.2) is 0 Å². The number of benzene rings is 1. The van der Waals surface area contributed by atoms with Gasteiger partial charge >= 0.3 is 0 Å². The number of fused-ring (bicyclic) bond motifs is 1. The van der Waals surface area contributed by atoms with E-state index in [1.54, 1.807) is 11.3 Å². The molecule has 2 atom stereocenters. The largest absolute Gasteiger partial charge is 0.392 e. The van der Waals surface area contributed by atoms with Crippen LogP contribution in [0.3, 0.4) is 0 Å². The van der Waals surface area contributed by atoms with Gasteiger partial charge in [-0.05, 0) is 18.6 Å². The Morgan fingerprint density at radius 1 is 1.40 bits per heavy atom. The van der Waals surface area contributed by atoms with Crippen molar-refractivity contribution in [1.29, 1.82) is 0 Å². The van der Waals surface area contributed by atoms with Crippen molar-refractivity contribution >= 4 is 21.6 Å². The van der Waals surface area contributed by atoms with Crippen LogP contribution in [-0.2, 0) is 0 Å². The average Bonchev–Trinajstić information content (AvgIpc) is 2.82. The second kappa shape index (κ2) is 3.56. The molecule has 3 nitrogen and oxygen atoms in total. The molecule has 2 N–H and O–H groups in total. The molecule has 0 radical (unpaired) electrons. The molecule has 1 aliphatic heterocycles. The van der Waals surface area contributed by atoms with E-state index >= 15 is 0 Å². The molecule has 2 unspecified atom stereocenters. The fourth-order valence-corrected chi connectivity index (χ4v) is 3.00. The summed E-state index contributed by atoms with van der Waals surface area (Å²) in [6, 6.07) is 8.38. The molecule has 4 heteroatoms. The molecule has 1 fully saturated rings. The molecule has 0 aliphatic carbocycles. The van der Waals surface area contributed by atoms with Crippen molar-refractivity contribution in [1.82, 2.24) is 10.3 Å². The number of hydrogen-bond donors (Lipinski definition) is 2. The molecular formula is C11H12N2OS. The summed E-state index contributed by atoms with van der Waals surface area (Å²) < 4.78 is 1.22. The fraction of sp³-hybridized carbons (Fsp3) is 0.364. The van der Waals surface area contributed by atoms with Gasteiger partial charge in [-0.1, -0.05) is 12.1 Å². The topological polar surface area (TPSA) is 45.1 Å². The van der Waals surface area contributed by atoms with Crippen molar-refractivity contribution in [2.24, 2.45) is 0 Å². The minimum absolute atomic E-state index is 0.220. The zero-order chi connectivity index (χ0) is 10.3. The third-order valence-corrected chi connectivity index (χ3v) is 3.87. The third-order valence-electron chi connectivity index (χ3n) is 2.72. The predicted molar refractivity (Wildman–Crippen MR) is 61.0 cm³/mol. The van der Waals surface area contributed by atoms with E-state index in [9.17, 15) is 5.11 Å². The highest BCUT2D eigenvalue weighted by molar-refractivity contribution is 7.18. The lowest BCUT2D eigenvalue weighted by atomic mass is 10.2. The van der Waals surface area contributed by atoms with Crippen LogP contribution in [0.15, 0.2) is 24.3 Å². The summed E-state index contributed by atoms with van der Waals surface area (Å²) in [5, 5.41) is 13.8. The van der Waals surface area contributed by atoms with Crippen LogP contribution >= 0.6 is 11.3 Å². The van der Waals surface area contributed by atoms with Crippen LogP contribution < -0.4 is 5.32 Å². The summed E-state index contributed by atoms with van der Waals surface area (Å²) in [7, 11) is 0. The summed E-state index contributed by atoms with van der Waals surface area (Å²) in [6.07, 6.45) is 0.557.